The number of nitrogens with zero attached hydrogens (tertiary/aromatic N) is 2. The molecule has 1 unspecified atom stereocenters. The lowest BCUT2D eigenvalue weighted by atomic mass is 9.94. The number of Topliss-reactive ketones (excluding diaryl/α,β-unsaturated/α-hetero) is 1. The van der Waals surface area contributed by atoms with Gasteiger partial charge in [0.1, 0.15) is 5.82 Å². The number of hydrogen-bond acceptors (Lipinski definition) is 5. The summed E-state index contributed by atoms with van der Waals surface area (Å²) in [5.74, 6) is 0.535. The van der Waals surface area contributed by atoms with E-state index in [1.165, 1.54) is 12.1 Å². The van der Waals surface area contributed by atoms with Gasteiger partial charge >= 0.3 is 0 Å². The van der Waals surface area contributed by atoms with Crippen molar-refractivity contribution in [3.63, 3.8) is 0 Å². The van der Waals surface area contributed by atoms with Crippen LogP contribution in [0.25, 0.3) is 0 Å². The number of hydrogen-bond donors (Lipinski definition) is 0. The molecule has 5 nitrogen and oxygen atoms in total. The molecule has 0 saturated heterocycles. The second-order valence-electron chi connectivity index (χ2n) is 6.50. The van der Waals surface area contributed by atoms with Gasteiger partial charge in [-0.05, 0) is 43.9 Å². The lowest BCUT2D eigenvalue weighted by Crippen LogP contribution is -2.18. The van der Waals surface area contributed by atoms with Crippen LogP contribution in [0, 0.1) is 5.82 Å². The average molecular weight is 370 g/mol. The minimum atomic E-state index is -0.391. The van der Waals surface area contributed by atoms with E-state index < -0.39 is 5.82 Å². The number of ether oxygens (including phenoxy) is 2. The molecule has 0 aliphatic carbocycles. The molecule has 0 saturated carbocycles. The van der Waals surface area contributed by atoms with Crippen molar-refractivity contribution >= 4 is 11.5 Å². The molecule has 0 radical (unpaired) electrons. The Morgan fingerprint density at radius 3 is 2.81 bits per heavy atom. The van der Waals surface area contributed by atoms with Crippen LogP contribution >= 0.6 is 0 Å². The highest BCUT2D eigenvalue weighted by Gasteiger charge is 2.21. The van der Waals surface area contributed by atoms with Crippen LogP contribution in [-0.2, 0) is 0 Å². The molecule has 1 aliphatic rings. The Labute approximate surface area is 158 Å². The molecule has 0 spiro atoms. The zero-order valence-electron chi connectivity index (χ0n) is 15.6. The minimum absolute atomic E-state index is 0.0551. The Morgan fingerprint density at radius 2 is 2.07 bits per heavy atom. The van der Waals surface area contributed by atoms with Crippen LogP contribution < -0.4 is 9.47 Å². The van der Waals surface area contributed by atoms with Gasteiger partial charge in [0.25, 0.3) is 0 Å². The number of ketones is 1. The van der Waals surface area contributed by atoms with Gasteiger partial charge in [-0.3, -0.25) is 9.79 Å². The van der Waals surface area contributed by atoms with Gasteiger partial charge in [-0.15, -0.1) is 0 Å². The first kappa shape index (κ1) is 19.0. The van der Waals surface area contributed by atoms with E-state index in [-0.39, 0.29) is 11.8 Å². The molecule has 0 bridgehead atoms. The van der Waals surface area contributed by atoms with Crippen molar-refractivity contribution in [2.75, 3.05) is 14.2 Å². The van der Waals surface area contributed by atoms with E-state index >= 15 is 0 Å². The normalized spacial score (nSPS) is 16.6. The topological polar surface area (TPSA) is 60.8 Å². The van der Waals surface area contributed by atoms with E-state index in [4.69, 9.17) is 14.5 Å². The van der Waals surface area contributed by atoms with Crippen LogP contribution in [-0.4, -0.2) is 36.7 Å². The molecule has 27 heavy (non-hydrogen) atoms. The molecule has 0 fully saturated rings. The van der Waals surface area contributed by atoms with Crippen molar-refractivity contribution in [2.45, 2.75) is 38.1 Å². The van der Waals surface area contributed by atoms with Crippen molar-refractivity contribution in [1.29, 1.82) is 0 Å². The summed E-state index contributed by atoms with van der Waals surface area (Å²) >= 11 is 0. The summed E-state index contributed by atoms with van der Waals surface area (Å²) in [5.41, 5.74) is 2.21. The smallest absolute Gasteiger partial charge is 0.225 e. The maximum absolute atomic E-state index is 13.3. The number of methoxy groups -OCH3 is 2. The number of carbonyl (C=O) groups is 1. The number of aliphatic imine (C=N–C) groups is 1. The molecule has 2 aromatic rings. The zero-order valence-corrected chi connectivity index (χ0v) is 15.6. The number of aromatic nitrogens is 1. The Morgan fingerprint density at radius 1 is 1.22 bits per heavy atom. The fraction of sp³-hybridized carbons (Fsp3) is 0.381. The molecule has 1 aliphatic heterocycles. The third kappa shape index (κ3) is 4.70. The SMILES string of the molecule is COc1ccc(C2=NC(CCC(=O)c3cccc(F)c3)CCC2)c(OC)n1. The van der Waals surface area contributed by atoms with Crippen LogP contribution in [0.1, 0.15) is 48.0 Å². The molecule has 0 N–H and O–H groups in total. The molecule has 2 heterocycles. The standard InChI is InChI=1S/C21H23FN2O3/c1-26-20-12-10-17(21(24-20)27-2)18-8-4-7-16(23-18)9-11-19(25)14-5-3-6-15(22)13-14/h3,5-6,10,12-13,16H,4,7-9,11H2,1-2H3. The Balaban J connectivity index is 1.70. The first-order valence-corrected chi connectivity index (χ1v) is 9.05. The molecule has 1 atom stereocenters. The van der Waals surface area contributed by atoms with Crippen LogP contribution in [0.5, 0.6) is 11.8 Å². The van der Waals surface area contributed by atoms with Crippen LogP contribution in [0.2, 0.25) is 0 Å². The van der Waals surface area contributed by atoms with Gasteiger partial charge < -0.3 is 9.47 Å². The van der Waals surface area contributed by atoms with Gasteiger partial charge in [0.2, 0.25) is 11.8 Å². The van der Waals surface area contributed by atoms with Crippen LogP contribution in [0.3, 0.4) is 0 Å². The van der Waals surface area contributed by atoms with Gasteiger partial charge in [0.15, 0.2) is 5.78 Å². The second-order valence-corrected chi connectivity index (χ2v) is 6.50. The van der Waals surface area contributed by atoms with Crippen molar-refractivity contribution in [3.05, 3.63) is 53.3 Å². The summed E-state index contributed by atoms with van der Waals surface area (Å²) in [6, 6.07) is 9.59. The first-order chi connectivity index (χ1) is 13.1. The Bertz CT molecular complexity index is 851. The lowest BCUT2D eigenvalue weighted by Gasteiger charge is -2.21. The molecule has 1 aromatic carbocycles. The molecular formula is C21H23FN2O3. The van der Waals surface area contributed by atoms with Gasteiger partial charge in [-0.1, -0.05) is 12.1 Å². The molecule has 0 amide bonds. The summed E-state index contributed by atoms with van der Waals surface area (Å²) in [5, 5.41) is 0. The summed E-state index contributed by atoms with van der Waals surface area (Å²) in [7, 11) is 3.13. The third-order valence-corrected chi connectivity index (χ3v) is 4.69. The number of halogens is 1. The first-order valence-electron chi connectivity index (χ1n) is 9.05. The quantitative estimate of drug-likeness (QED) is 0.684. The summed E-state index contributed by atoms with van der Waals surface area (Å²) in [6.07, 6.45) is 3.77. The summed E-state index contributed by atoms with van der Waals surface area (Å²) in [4.78, 5) is 21.4. The van der Waals surface area contributed by atoms with Crippen molar-refractivity contribution < 1.29 is 18.7 Å². The highest BCUT2D eigenvalue weighted by Crippen LogP contribution is 2.27. The van der Waals surface area contributed by atoms with Crippen molar-refractivity contribution in [2.24, 2.45) is 4.99 Å². The van der Waals surface area contributed by atoms with E-state index in [1.807, 2.05) is 6.07 Å². The van der Waals surface area contributed by atoms with Gasteiger partial charge in [0.05, 0.1) is 25.8 Å². The number of carbonyl (C=O) groups excluding carboxylic acids is 1. The molecule has 6 heteroatoms. The predicted molar refractivity (Wildman–Crippen MR) is 101 cm³/mol. The molecular weight excluding hydrogens is 347 g/mol. The Hall–Kier alpha value is -2.76. The van der Waals surface area contributed by atoms with Gasteiger partial charge in [-0.25, -0.2) is 4.39 Å². The molecule has 3 rings (SSSR count). The lowest BCUT2D eigenvalue weighted by molar-refractivity contribution is 0.0976. The average Bonchev–Trinajstić information content (AvgIpc) is 2.71. The number of rotatable bonds is 7. The van der Waals surface area contributed by atoms with Gasteiger partial charge in [0, 0.05) is 23.8 Å². The fourth-order valence-electron chi connectivity index (χ4n) is 3.28. The monoisotopic (exact) mass is 370 g/mol. The van der Waals surface area contributed by atoms with E-state index in [0.717, 1.165) is 30.5 Å². The van der Waals surface area contributed by atoms with E-state index in [0.29, 0.717) is 30.2 Å². The highest BCUT2D eigenvalue weighted by atomic mass is 19.1. The van der Waals surface area contributed by atoms with Crippen LogP contribution in [0.4, 0.5) is 4.39 Å². The predicted octanol–water partition coefficient (Wildman–Crippen LogP) is 4.24. The van der Waals surface area contributed by atoms with Gasteiger partial charge in [-0.2, -0.15) is 4.98 Å². The summed E-state index contributed by atoms with van der Waals surface area (Å²) < 4.78 is 23.8. The largest absolute Gasteiger partial charge is 0.481 e. The molecule has 1 aromatic heterocycles. The minimum Gasteiger partial charge on any atom is -0.481 e. The third-order valence-electron chi connectivity index (χ3n) is 4.69. The van der Waals surface area contributed by atoms with Crippen molar-refractivity contribution in [1.82, 2.24) is 4.98 Å². The highest BCUT2D eigenvalue weighted by molar-refractivity contribution is 6.03. The van der Waals surface area contributed by atoms with E-state index in [2.05, 4.69) is 4.98 Å². The number of pyridine rings is 1. The summed E-state index contributed by atoms with van der Waals surface area (Å²) in [6.45, 7) is 0. The maximum Gasteiger partial charge on any atom is 0.225 e. The number of benzene rings is 1. The van der Waals surface area contributed by atoms with Crippen LogP contribution in [0.15, 0.2) is 41.4 Å². The zero-order chi connectivity index (χ0) is 19.2. The van der Waals surface area contributed by atoms with E-state index in [9.17, 15) is 9.18 Å². The second kappa shape index (κ2) is 8.75. The van der Waals surface area contributed by atoms with E-state index in [1.54, 1.807) is 32.4 Å². The maximum atomic E-state index is 13.3. The fourth-order valence-corrected chi connectivity index (χ4v) is 3.28. The Kier molecular flexibility index (Phi) is 6.16. The van der Waals surface area contributed by atoms with Crippen molar-refractivity contribution in [3.8, 4) is 11.8 Å². The molecule has 142 valence electrons.